The van der Waals surface area contributed by atoms with Gasteiger partial charge in [0.1, 0.15) is 0 Å². The first-order valence-electron chi connectivity index (χ1n) is 6.97. The average molecular weight is 249 g/mol. The van der Waals surface area contributed by atoms with E-state index < -0.39 is 0 Å². The van der Waals surface area contributed by atoms with Crippen molar-refractivity contribution in [1.82, 2.24) is 0 Å². The summed E-state index contributed by atoms with van der Waals surface area (Å²) in [6.07, 6.45) is 11.4. The summed E-state index contributed by atoms with van der Waals surface area (Å²) in [6.45, 7) is 12.8. The predicted octanol–water partition coefficient (Wildman–Crippen LogP) is 5.14. The fourth-order valence-electron chi connectivity index (χ4n) is 1.94. The normalized spacial score (nSPS) is 13.7. The Morgan fingerprint density at radius 2 is 1.39 bits per heavy atom. The molecule has 0 unspecified atom stereocenters. The van der Waals surface area contributed by atoms with Crippen molar-refractivity contribution in [1.29, 1.82) is 0 Å². The molecule has 0 saturated heterocycles. The lowest BCUT2D eigenvalue weighted by Crippen LogP contribution is -2.29. The van der Waals surface area contributed by atoms with Crippen LogP contribution in [-0.2, 0) is 0 Å². The van der Waals surface area contributed by atoms with Crippen molar-refractivity contribution in [2.24, 2.45) is 5.73 Å². The minimum atomic E-state index is -0.188. The van der Waals surface area contributed by atoms with Gasteiger partial charge in [-0.1, -0.05) is 34.9 Å². The van der Waals surface area contributed by atoms with Gasteiger partial charge in [0.15, 0.2) is 0 Å². The maximum atomic E-state index is 5.96. The molecule has 0 aromatic heterocycles. The third kappa shape index (κ3) is 11.7. The van der Waals surface area contributed by atoms with E-state index >= 15 is 0 Å². The summed E-state index contributed by atoms with van der Waals surface area (Å²) in [5, 5.41) is 0. The van der Waals surface area contributed by atoms with Gasteiger partial charge in [-0.25, -0.2) is 0 Å². The van der Waals surface area contributed by atoms with Crippen molar-refractivity contribution < 1.29 is 0 Å². The van der Waals surface area contributed by atoms with Gasteiger partial charge in [0.05, 0.1) is 0 Å². The molecule has 0 aliphatic rings. The second kappa shape index (κ2) is 8.31. The van der Waals surface area contributed by atoms with E-state index in [1.807, 2.05) is 13.8 Å². The fourth-order valence-corrected chi connectivity index (χ4v) is 1.94. The van der Waals surface area contributed by atoms with Crippen molar-refractivity contribution >= 4 is 0 Å². The van der Waals surface area contributed by atoms with Crippen molar-refractivity contribution in [2.75, 3.05) is 0 Å². The number of rotatable bonds is 7. The molecule has 0 aliphatic heterocycles. The quantitative estimate of drug-likeness (QED) is 0.621. The Kier molecular flexibility index (Phi) is 7.93. The Labute approximate surface area is 114 Å². The van der Waals surface area contributed by atoms with Crippen molar-refractivity contribution in [2.45, 2.75) is 72.8 Å². The van der Waals surface area contributed by atoms with Crippen LogP contribution >= 0.6 is 0 Å². The van der Waals surface area contributed by atoms with E-state index in [4.69, 9.17) is 5.73 Å². The average Bonchev–Trinajstić information content (AvgIpc) is 2.13. The summed E-state index contributed by atoms with van der Waals surface area (Å²) in [5.41, 5.74) is 10.1. The molecule has 0 fully saturated rings. The summed E-state index contributed by atoms with van der Waals surface area (Å²) < 4.78 is 0. The van der Waals surface area contributed by atoms with Crippen molar-refractivity contribution in [3.05, 3.63) is 34.9 Å². The van der Waals surface area contributed by atoms with E-state index in [9.17, 15) is 0 Å². The van der Waals surface area contributed by atoms with Crippen LogP contribution < -0.4 is 5.73 Å². The van der Waals surface area contributed by atoms with Crippen LogP contribution in [0.15, 0.2) is 34.9 Å². The molecule has 0 atom stereocenters. The minimum Gasteiger partial charge on any atom is -0.322 e. The van der Waals surface area contributed by atoms with E-state index in [-0.39, 0.29) is 5.54 Å². The summed E-state index contributed by atoms with van der Waals surface area (Å²) >= 11 is 0. The monoisotopic (exact) mass is 249 g/mol. The SMILES string of the molecule is CC(C)=CCCC(C)=CCCC(C)=CC(C)(C)N. The Morgan fingerprint density at radius 3 is 1.89 bits per heavy atom. The minimum absolute atomic E-state index is 0.188. The zero-order valence-corrected chi connectivity index (χ0v) is 13.1. The van der Waals surface area contributed by atoms with Gasteiger partial charge in [-0.05, 0) is 67.2 Å². The van der Waals surface area contributed by atoms with Gasteiger partial charge in [-0.3, -0.25) is 0 Å². The van der Waals surface area contributed by atoms with Gasteiger partial charge in [0.2, 0.25) is 0 Å². The summed E-state index contributed by atoms with van der Waals surface area (Å²) in [6, 6.07) is 0. The molecule has 2 N–H and O–H groups in total. The first-order valence-corrected chi connectivity index (χ1v) is 6.97. The van der Waals surface area contributed by atoms with Crippen molar-refractivity contribution in [3.63, 3.8) is 0 Å². The lowest BCUT2D eigenvalue weighted by Gasteiger charge is -2.14. The molecule has 0 amide bonds. The van der Waals surface area contributed by atoms with Crippen LogP contribution in [0.25, 0.3) is 0 Å². The molecule has 1 heteroatoms. The molecule has 104 valence electrons. The summed E-state index contributed by atoms with van der Waals surface area (Å²) in [5.74, 6) is 0. The summed E-state index contributed by atoms with van der Waals surface area (Å²) in [7, 11) is 0. The maximum absolute atomic E-state index is 5.96. The third-order valence-corrected chi connectivity index (χ3v) is 2.74. The Bertz CT molecular complexity index is 320. The largest absolute Gasteiger partial charge is 0.322 e. The smallest absolute Gasteiger partial charge is 0.0284 e. The van der Waals surface area contributed by atoms with Gasteiger partial charge >= 0.3 is 0 Å². The standard InChI is InChI=1S/C17H31N/c1-14(2)9-7-10-15(3)11-8-12-16(4)13-17(5,6)18/h9,11,13H,7-8,10,12,18H2,1-6H3. The Morgan fingerprint density at radius 1 is 0.889 bits per heavy atom. The van der Waals surface area contributed by atoms with E-state index in [1.54, 1.807) is 0 Å². The highest BCUT2D eigenvalue weighted by Crippen LogP contribution is 2.13. The molecule has 0 aliphatic carbocycles. The van der Waals surface area contributed by atoms with Gasteiger partial charge in [0.25, 0.3) is 0 Å². The number of nitrogens with two attached hydrogens (primary N) is 1. The first kappa shape index (κ1) is 17.2. The van der Waals surface area contributed by atoms with E-state index in [1.165, 1.54) is 23.1 Å². The summed E-state index contributed by atoms with van der Waals surface area (Å²) in [4.78, 5) is 0. The van der Waals surface area contributed by atoms with Gasteiger partial charge < -0.3 is 5.73 Å². The molecule has 0 aromatic rings. The molecule has 0 rings (SSSR count). The van der Waals surface area contributed by atoms with Gasteiger partial charge in [-0.15, -0.1) is 0 Å². The van der Waals surface area contributed by atoms with E-state index in [2.05, 4.69) is 45.9 Å². The molecule has 0 heterocycles. The van der Waals surface area contributed by atoms with Crippen molar-refractivity contribution in [3.8, 4) is 0 Å². The Hall–Kier alpha value is -0.820. The Balaban J connectivity index is 4.02. The van der Waals surface area contributed by atoms with Crippen LogP contribution in [0.4, 0.5) is 0 Å². The van der Waals surface area contributed by atoms with Crippen LogP contribution in [-0.4, -0.2) is 5.54 Å². The molecule has 0 radical (unpaired) electrons. The first-order chi connectivity index (χ1) is 8.20. The molecule has 0 aromatic carbocycles. The molecule has 0 bridgehead atoms. The van der Waals surface area contributed by atoms with Gasteiger partial charge in [-0.2, -0.15) is 0 Å². The predicted molar refractivity (Wildman–Crippen MR) is 83.7 cm³/mol. The van der Waals surface area contributed by atoms with Crippen LogP contribution in [0.2, 0.25) is 0 Å². The lowest BCUT2D eigenvalue weighted by molar-refractivity contribution is 0.645. The number of allylic oxidation sites excluding steroid dienone is 5. The number of hydrogen-bond donors (Lipinski definition) is 1. The molecular weight excluding hydrogens is 218 g/mol. The van der Waals surface area contributed by atoms with Gasteiger partial charge in [0, 0.05) is 5.54 Å². The zero-order chi connectivity index (χ0) is 14.2. The molecule has 18 heavy (non-hydrogen) atoms. The highest BCUT2D eigenvalue weighted by molar-refractivity contribution is 5.10. The molecule has 0 saturated carbocycles. The highest BCUT2D eigenvalue weighted by atomic mass is 14.7. The highest BCUT2D eigenvalue weighted by Gasteiger charge is 2.05. The second-order valence-corrected chi connectivity index (χ2v) is 6.22. The molecular formula is C17H31N. The van der Waals surface area contributed by atoms with Crippen LogP contribution in [0.5, 0.6) is 0 Å². The molecule has 1 nitrogen and oxygen atoms in total. The zero-order valence-electron chi connectivity index (χ0n) is 13.1. The van der Waals surface area contributed by atoms with Crippen LogP contribution in [0, 0.1) is 0 Å². The third-order valence-electron chi connectivity index (χ3n) is 2.74. The molecule has 0 spiro atoms. The van der Waals surface area contributed by atoms with E-state index in [0.717, 1.165) is 19.3 Å². The lowest BCUT2D eigenvalue weighted by atomic mass is 10.00. The van der Waals surface area contributed by atoms with E-state index in [0.29, 0.717) is 0 Å². The van der Waals surface area contributed by atoms with Crippen LogP contribution in [0.1, 0.15) is 67.2 Å². The topological polar surface area (TPSA) is 26.0 Å². The number of hydrogen-bond acceptors (Lipinski definition) is 1. The van der Waals surface area contributed by atoms with Crippen LogP contribution in [0.3, 0.4) is 0 Å². The maximum Gasteiger partial charge on any atom is 0.0284 e. The fraction of sp³-hybridized carbons (Fsp3) is 0.647. The second-order valence-electron chi connectivity index (χ2n) is 6.22.